The lowest BCUT2D eigenvalue weighted by Gasteiger charge is -2.25. The van der Waals surface area contributed by atoms with Gasteiger partial charge in [-0.3, -0.25) is 4.57 Å². The Bertz CT molecular complexity index is 615. The molecule has 0 saturated carbocycles. The van der Waals surface area contributed by atoms with E-state index in [4.69, 9.17) is 13.8 Å². The molecule has 1 aromatic rings. The Kier molecular flexibility index (Phi) is 9.34. The van der Waals surface area contributed by atoms with Crippen molar-refractivity contribution in [3.8, 4) is 0 Å². The number of carbonyl (C=O) groups excluding carboxylic acids is 2. The summed E-state index contributed by atoms with van der Waals surface area (Å²) < 4.78 is 27.7. The number of hydrogen-bond donors (Lipinski definition) is 1. The second-order valence-corrected chi connectivity index (χ2v) is 7.52. The molecule has 1 N–H and O–H groups in total. The number of rotatable bonds is 10. The van der Waals surface area contributed by atoms with Crippen LogP contribution in [0.15, 0.2) is 30.3 Å². The SMILES string of the molecule is CCOP(=O)(CN(C)C(=O)NC(Cc1ccccc1)C(=O)OC)OCC. The van der Waals surface area contributed by atoms with Crippen LogP contribution in [-0.2, 0) is 29.6 Å². The number of methoxy groups -OCH3 is 1. The zero-order chi connectivity index (χ0) is 19.6. The van der Waals surface area contributed by atoms with Crippen molar-refractivity contribution in [1.82, 2.24) is 10.2 Å². The molecule has 1 unspecified atom stereocenters. The molecule has 2 amide bonds. The number of esters is 1. The van der Waals surface area contributed by atoms with E-state index >= 15 is 0 Å². The molecule has 8 nitrogen and oxygen atoms in total. The molecule has 0 aromatic heterocycles. The highest BCUT2D eigenvalue weighted by Crippen LogP contribution is 2.48. The maximum Gasteiger partial charge on any atom is 0.349 e. The molecule has 0 fully saturated rings. The number of carbonyl (C=O) groups is 2. The van der Waals surface area contributed by atoms with Crippen LogP contribution >= 0.6 is 7.60 Å². The second kappa shape index (κ2) is 11.0. The minimum Gasteiger partial charge on any atom is -0.467 e. The molecule has 0 bridgehead atoms. The van der Waals surface area contributed by atoms with Crippen LogP contribution in [0.3, 0.4) is 0 Å². The molecule has 26 heavy (non-hydrogen) atoms. The number of nitrogens with one attached hydrogen (secondary N) is 1. The molecule has 0 radical (unpaired) electrons. The van der Waals surface area contributed by atoms with Gasteiger partial charge < -0.3 is 24.0 Å². The Balaban J connectivity index is 2.78. The third-order valence-electron chi connectivity index (χ3n) is 3.45. The molecule has 0 aliphatic heterocycles. The van der Waals surface area contributed by atoms with Crippen LogP contribution in [0, 0.1) is 0 Å². The van der Waals surface area contributed by atoms with E-state index in [9.17, 15) is 14.2 Å². The van der Waals surface area contributed by atoms with Crippen molar-refractivity contribution in [3.05, 3.63) is 35.9 Å². The Morgan fingerprint density at radius 2 is 1.73 bits per heavy atom. The van der Waals surface area contributed by atoms with Crippen LogP contribution in [-0.4, -0.2) is 56.6 Å². The van der Waals surface area contributed by atoms with Crippen LogP contribution in [0.5, 0.6) is 0 Å². The van der Waals surface area contributed by atoms with Crippen molar-refractivity contribution in [1.29, 1.82) is 0 Å². The molecular formula is C17H27N2O6P. The topological polar surface area (TPSA) is 94.2 Å². The summed E-state index contributed by atoms with van der Waals surface area (Å²) in [7, 11) is -0.707. The predicted molar refractivity (Wildman–Crippen MR) is 98.0 cm³/mol. The lowest BCUT2D eigenvalue weighted by Crippen LogP contribution is -2.48. The van der Waals surface area contributed by atoms with E-state index < -0.39 is 25.6 Å². The van der Waals surface area contributed by atoms with Crippen LogP contribution < -0.4 is 5.32 Å². The van der Waals surface area contributed by atoms with Crippen molar-refractivity contribution >= 4 is 19.6 Å². The molecular weight excluding hydrogens is 359 g/mol. The first kappa shape index (κ1) is 22.2. The van der Waals surface area contributed by atoms with Gasteiger partial charge in [0.2, 0.25) is 0 Å². The van der Waals surface area contributed by atoms with Gasteiger partial charge in [0.1, 0.15) is 12.3 Å². The summed E-state index contributed by atoms with van der Waals surface area (Å²) in [5, 5.41) is 2.60. The summed E-state index contributed by atoms with van der Waals surface area (Å²) in [6, 6.07) is 7.82. The van der Waals surface area contributed by atoms with Crippen molar-refractivity contribution in [3.63, 3.8) is 0 Å². The van der Waals surface area contributed by atoms with Crippen molar-refractivity contribution in [2.45, 2.75) is 26.3 Å². The predicted octanol–water partition coefficient (Wildman–Crippen LogP) is 2.64. The Morgan fingerprint density at radius 3 is 2.23 bits per heavy atom. The highest BCUT2D eigenvalue weighted by molar-refractivity contribution is 7.53. The Hall–Kier alpha value is -1.89. The first-order chi connectivity index (χ1) is 12.3. The molecule has 9 heteroatoms. The fourth-order valence-electron chi connectivity index (χ4n) is 2.28. The number of ether oxygens (including phenoxy) is 1. The molecule has 0 spiro atoms. The zero-order valence-corrected chi connectivity index (χ0v) is 16.5. The maximum absolute atomic E-state index is 12.5. The van der Waals surface area contributed by atoms with Gasteiger partial charge in [-0.25, -0.2) is 9.59 Å². The molecule has 1 aromatic carbocycles. The third kappa shape index (κ3) is 7.15. The van der Waals surface area contributed by atoms with Gasteiger partial charge in [-0.15, -0.1) is 0 Å². The average Bonchev–Trinajstić information content (AvgIpc) is 2.61. The summed E-state index contributed by atoms with van der Waals surface area (Å²) in [5.41, 5.74) is 0.875. The van der Waals surface area contributed by atoms with Gasteiger partial charge in [0.15, 0.2) is 0 Å². The summed E-state index contributed by atoms with van der Waals surface area (Å²) in [5.74, 6) is -0.562. The van der Waals surface area contributed by atoms with Gasteiger partial charge >= 0.3 is 19.6 Å². The lowest BCUT2D eigenvalue weighted by molar-refractivity contribution is -0.142. The third-order valence-corrected chi connectivity index (χ3v) is 5.52. The van der Waals surface area contributed by atoms with Crippen LogP contribution in [0.2, 0.25) is 0 Å². The average molecular weight is 386 g/mol. The second-order valence-electron chi connectivity index (χ2n) is 5.50. The lowest BCUT2D eigenvalue weighted by atomic mass is 10.1. The van der Waals surface area contributed by atoms with E-state index in [0.717, 1.165) is 5.56 Å². The highest BCUT2D eigenvalue weighted by atomic mass is 31.2. The molecule has 0 aliphatic rings. The van der Waals surface area contributed by atoms with Gasteiger partial charge in [0.25, 0.3) is 0 Å². The van der Waals surface area contributed by atoms with Crippen molar-refractivity contribution in [2.75, 3.05) is 33.7 Å². The van der Waals surface area contributed by atoms with E-state index in [1.165, 1.54) is 19.1 Å². The van der Waals surface area contributed by atoms with Gasteiger partial charge in [-0.2, -0.15) is 0 Å². The summed E-state index contributed by atoms with van der Waals surface area (Å²) in [4.78, 5) is 25.6. The van der Waals surface area contributed by atoms with Gasteiger partial charge in [0, 0.05) is 13.5 Å². The van der Waals surface area contributed by atoms with E-state index in [1.807, 2.05) is 30.3 Å². The highest BCUT2D eigenvalue weighted by Gasteiger charge is 2.30. The van der Waals surface area contributed by atoms with Crippen LogP contribution in [0.1, 0.15) is 19.4 Å². The van der Waals surface area contributed by atoms with E-state index in [1.54, 1.807) is 13.8 Å². The van der Waals surface area contributed by atoms with E-state index in [2.05, 4.69) is 5.32 Å². The molecule has 146 valence electrons. The van der Waals surface area contributed by atoms with Gasteiger partial charge in [0.05, 0.1) is 20.3 Å². The fourth-order valence-corrected chi connectivity index (χ4v) is 3.95. The molecule has 1 atom stereocenters. The van der Waals surface area contributed by atoms with Crippen LogP contribution in [0.25, 0.3) is 0 Å². The van der Waals surface area contributed by atoms with Crippen LogP contribution in [0.4, 0.5) is 4.79 Å². The zero-order valence-electron chi connectivity index (χ0n) is 15.6. The summed E-state index contributed by atoms with van der Waals surface area (Å²) in [6.07, 6.45) is 0.0570. The molecule has 1 rings (SSSR count). The number of urea groups is 1. The molecule has 0 saturated heterocycles. The number of amides is 2. The first-order valence-corrected chi connectivity index (χ1v) is 10.1. The maximum atomic E-state index is 12.5. The molecule has 0 aliphatic carbocycles. The number of nitrogens with zero attached hydrogens (tertiary/aromatic N) is 1. The standard InChI is InChI=1S/C17H27N2O6P/c1-5-24-26(22,25-6-2)13-19(3)17(21)18-15(16(20)23-4)12-14-10-8-7-9-11-14/h7-11,15H,5-6,12-13H2,1-4H3,(H,18,21). The quantitative estimate of drug-likeness (QED) is 0.491. The minimum atomic E-state index is -3.42. The van der Waals surface area contributed by atoms with E-state index in [-0.39, 0.29) is 25.9 Å². The monoisotopic (exact) mass is 386 g/mol. The Morgan fingerprint density at radius 1 is 1.15 bits per heavy atom. The largest absolute Gasteiger partial charge is 0.467 e. The fraction of sp³-hybridized carbons (Fsp3) is 0.529. The normalized spacial score (nSPS) is 12.3. The molecule has 0 heterocycles. The van der Waals surface area contributed by atoms with E-state index in [0.29, 0.717) is 0 Å². The Labute approximate surface area is 154 Å². The number of hydrogen-bond acceptors (Lipinski definition) is 6. The van der Waals surface area contributed by atoms with Crippen molar-refractivity contribution in [2.24, 2.45) is 0 Å². The van der Waals surface area contributed by atoms with Gasteiger partial charge in [-0.1, -0.05) is 30.3 Å². The van der Waals surface area contributed by atoms with Crippen molar-refractivity contribution < 1.29 is 27.9 Å². The smallest absolute Gasteiger partial charge is 0.349 e. The minimum absolute atomic E-state index is 0.200. The summed E-state index contributed by atoms with van der Waals surface area (Å²) >= 11 is 0. The first-order valence-electron chi connectivity index (χ1n) is 8.36. The van der Waals surface area contributed by atoms with Gasteiger partial charge in [-0.05, 0) is 19.4 Å². The number of benzene rings is 1. The summed E-state index contributed by atoms with van der Waals surface area (Å²) in [6.45, 7) is 3.79.